The van der Waals surface area contributed by atoms with E-state index in [1.807, 2.05) is 6.08 Å². The van der Waals surface area contributed by atoms with Crippen molar-refractivity contribution in [2.45, 2.75) is 109 Å². The van der Waals surface area contributed by atoms with Gasteiger partial charge in [-0.05, 0) is 19.3 Å². The molecule has 0 aromatic rings. The van der Waals surface area contributed by atoms with E-state index in [1.165, 1.54) is 51.4 Å². The van der Waals surface area contributed by atoms with Crippen LogP contribution >= 0.6 is 0 Å². The Morgan fingerprint density at radius 1 is 0.920 bits per heavy atom. The molecule has 148 valence electrons. The van der Waals surface area contributed by atoms with Crippen molar-refractivity contribution in [2.75, 3.05) is 6.61 Å². The van der Waals surface area contributed by atoms with Crippen LogP contribution in [0.25, 0.3) is 0 Å². The highest BCUT2D eigenvalue weighted by molar-refractivity contribution is 5.76. The topological polar surface area (TPSA) is 69.6 Å². The average Bonchev–Trinajstić information content (AvgIpc) is 2.61. The van der Waals surface area contributed by atoms with Gasteiger partial charge in [-0.25, -0.2) is 0 Å². The van der Waals surface area contributed by atoms with Crippen molar-refractivity contribution in [1.82, 2.24) is 5.32 Å². The quantitative estimate of drug-likeness (QED) is 0.266. The van der Waals surface area contributed by atoms with Gasteiger partial charge < -0.3 is 15.5 Å². The molecule has 3 N–H and O–H groups in total. The third kappa shape index (κ3) is 15.1. The highest BCUT2D eigenvalue weighted by Gasteiger charge is 2.17. The van der Waals surface area contributed by atoms with Gasteiger partial charge in [0.2, 0.25) is 5.91 Å². The van der Waals surface area contributed by atoms with E-state index in [4.69, 9.17) is 0 Å². The van der Waals surface area contributed by atoms with Gasteiger partial charge in [-0.3, -0.25) is 4.79 Å². The van der Waals surface area contributed by atoms with Crippen molar-refractivity contribution in [1.29, 1.82) is 0 Å². The van der Waals surface area contributed by atoms with Crippen LogP contribution < -0.4 is 5.32 Å². The van der Waals surface area contributed by atoms with Crippen molar-refractivity contribution in [2.24, 2.45) is 0 Å². The molecule has 0 heterocycles. The molecule has 0 saturated heterocycles. The molecule has 4 heteroatoms. The number of nitrogens with one attached hydrogen (secondary N) is 1. The van der Waals surface area contributed by atoms with E-state index < -0.39 is 12.1 Å². The van der Waals surface area contributed by atoms with Crippen LogP contribution in [-0.2, 0) is 4.79 Å². The van der Waals surface area contributed by atoms with E-state index in [9.17, 15) is 15.0 Å². The van der Waals surface area contributed by atoms with Gasteiger partial charge in [0.15, 0.2) is 0 Å². The maximum absolute atomic E-state index is 11.9. The lowest BCUT2D eigenvalue weighted by atomic mass is 10.1. The van der Waals surface area contributed by atoms with Crippen LogP contribution in [0.2, 0.25) is 0 Å². The van der Waals surface area contributed by atoms with E-state index >= 15 is 0 Å². The third-order valence-electron chi connectivity index (χ3n) is 4.52. The lowest BCUT2D eigenvalue weighted by molar-refractivity contribution is -0.123. The van der Waals surface area contributed by atoms with Gasteiger partial charge >= 0.3 is 0 Å². The Balaban J connectivity index is 3.85. The molecule has 2 atom stereocenters. The molecule has 0 aliphatic carbocycles. The fraction of sp³-hybridized carbons (Fsp3) is 0.857. The second-order valence-corrected chi connectivity index (χ2v) is 7.00. The Kier molecular flexibility index (Phi) is 17.3. The molecule has 0 rings (SSSR count). The van der Waals surface area contributed by atoms with E-state index in [1.54, 1.807) is 6.08 Å². The molecule has 0 spiro atoms. The van der Waals surface area contributed by atoms with E-state index in [0.29, 0.717) is 6.42 Å². The van der Waals surface area contributed by atoms with Crippen LogP contribution in [0.3, 0.4) is 0 Å². The maximum atomic E-state index is 11.9. The van der Waals surface area contributed by atoms with Crippen LogP contribution in [0.15, 0.2) is 12.2 Å². The number of carbonyl (C=O) groups excluding carboxylic acids is 1. The summed E-state index contributed by atoms with van der Waals surface area (Å²) in [4.78, 5) is 11.9. The number of unbranched alkanes of at least 4 members (excludes halogenated alkanes) is 10. The molecular formula is C21H41NO3. The predicted octanol–water partition coefficient (Wildman–Crippen LogP) is 4.49. The number of allylic oxidation sites excluding steroid dienone is 1. The Hall–Kier alpha value is -0.870. The van der Waals surface area contributed by atoms with Crippen molar-refractivity contribution in [3.63, 3.8) is 0 Å². The number of aliphatic hydroxyl groups is 2. The summed E-state index contributed by atoms with van der Waals surface area (Å²) >= 11 is 0. The number of hydrogen-bond acceptors (Lipinski definition) is 3. The second kappa shape index (κ2) is 17.9. The van der Waals surface area contributed by atoms with Gasteiger partial charge in [0.1, 0.15) is 0 Å². The first-order valence-electron chi connectivity index (χ1n) is 10.4. The van der Waals surface area contributed by atoms with Gasteiger partial charge in [0.05, 0.1) is 18.8 Å². The summed E-state index contributed by atoms with van der Waals surface area (Å²) in [6.07, 6.45) is 17.2. The Bertz CT molecular complexity index is 331. The average molecular weight is 356 g/mol. The minimum atomic E-state index is -0.825. The van der Waals surface area contributed by atoms with E-state index in [2.05, 4.69) is 19.2 Å². The molecule has 0 fully saturated rings. The molecule has 0 aromatic heterocycles. The number of amides is 1. The zero-order chi connectivity index (χ0) is 18.8. The number of aliphatic hydroxyl groups excluding tert-OH is 2. The van der Waals surface area contributed by atoms with Crippen LogP contribution in [0.1, 0.15) is 97.3 Å². The zero-order valence-corrected chi connectivity index (χ0v) is 16.5. The number of hydrogen-bond donors (Lipinski definition) is 3. The molecule has 0 bridgehead atoms. The highest BCUT2D eigenvalue weighted by atomic mass is 16.3. The normalized spacial score (nSPS) is 13.9. The molecule has 1 amide bonds. The Morgan fingerprint density at radius 2 is 1.48 bits per heavy atom. The molecule has 0 saturated carbocycles. The monoisotopic (exact) mass is 355 g/mol. The third-order valence-corrected chi connectivity index (χ3v) is 4.52. The van der Waals surface area contributed by atoms with Gasteiger partial charge in [0.25, 0.3) is 0 Å². The Morgan fingerprint density at radius 3 is 2.08 bits per heavy atom. The largest absolute Gasteiger partial charge is 0.394 e. The van der Waals surface area contributed by atoms with E-state index in [0.717, 1.165) is 25.7 Å². The highest BCUT2D eigenvalue weighted by Crippen LogP contribution is 2.09. The van der Waals surface area contributed by atoms with Crippen molar-refractivity contribution in [3.05, 3.63) is 12.2 Å². The molecule has 0 aromatic carbocycles. The van der Waals surface area contributed by atoms with E-state index in [-0.39, 0.29) is 12.5 Å². The van der Waals surface area contributed by atoms with Gasteiger partial charge in [0, 0.05) is 6.42 Å². The summed E-state index contributed by atoms with van der Waals surface area (Å²) in [5.41, 5.74) is 0. The first-order valence-corrected chi connectivity index (χ1v) is 10.4. The first kappa shape index (κ1) is 24.1. The smallest absolute Gasteiger partial charge is 0.220 e. The molecule has 25 heavy (non-hydrogen) atoms. The molecular weight excluding hydrogens is 314 g/mol. The van der Waals surface area contributed by atoms with Crippen LogP contribution in [-0.4, -0.2) is 34.9 Å². The first-order chi connectivity index (χ1) is 12.2. The summed E-state index contributed by atoms with van der Waals surface area (Å²) in [6.45, 7) is 4.14. The minimum absolute atomic E-state index is 0.0806. The lowest BCUT2D eigenvalue weighted by Gasteiger charge is -2.20. The Labute approximate surface area is 155 Å². The van der Waals surface area contributed by atoms with Crippen molar-refractivity contribution in [3.8, 4) is 0 Å². The predicted molar refractivity (Wildman–Crippen MR) is 106 cm³/mol. The molecule has 4 nitrogen and oxygen atoms in total. The number of carbonyl (C=O) groups is 1. The van der Waals surface area contributed by atoms with Gasteiger partial charge in [-0.15, -0.1) is 0 Å². The maximum Gasteiger partial charge on any atom is 0.220 e. The minimum Gasteiger partial charge on any atom is -0.394 e. The zero-order valence-electron chi connectivity index (χ0n) is 16.5. The standard InChI is InChI=1S/C21H41NO3/c1-3-5-7-9-11-13-15-17-21(25)22-19(18-23)20(24)16-14-12-10-8-6-4-2/h14,16,19-20,23-24H,3-13,15,17-18H2,1-2H3,(H,22,25)/b16-14+. The molecule has 0 aliphatic heterocycles. The summed E-state index contributed by atoms with van der Waals surface area (Å²) in [7, 11) is 0. The summed E-state index contributed by atoms with van der Waals surface area (Å²) < 4.78 is 0. The fourth-order valence-corrected chi connectivity index (χ4v) is 2.82. The van der Waals surface area contributed by atoms with Gasteiger partial charge in [-0.2, -0.15) is 0 Å². The molecule has 2 unspecified atom stereocenters. The number of rotatable bonds is 17. The second-order valence-electron chi connectivity index (χ2n) is 7.00. The molecule has 0 aliphatic rings. The summed E-state index contributed by atoms with van der Waals surface area (Å²) in [6, 6.07) is -0.607. The summed E-state index contributed by atoms with van der Waals surface area (Å²) in [5.74, 6) is -0.0806. The van der Waals surface area contributed by atoms with Crippen LogP contribution in [0.4, 0.5) is 0 Å². The summed E-state index contributed by atoms with van der Waals surface area (Å²) in [5, 5.41) is 22.2. The molecule has 0 radical (unpaired) electrons. The van der Waals surface area contributed by atoms with Crippen LogP contribution in [0, 0.1) is 0 Å². The lowest BCUT2D eigenvalue weighted by Crippen LogP contribution is -2.45. The SMILES string of the molecule is CCCCCC/C=C/C(O)C(CO)NC(=O)CCCCCCCCC. The fourth-order valence-electron chi connectivity index (χ4n) is 2.82. The van der Waals surface area contributed by atoms with Crippen LogP contribution in [0.5, 0.6) is 0 Å². The van der Waals surface area contributed by atoms with Gasteiger partial charge in [-0.1, -0.05) is 83.8 Å². The van der Waals surface area contributed by atoms with Crippen molar-refractivity contribution >= 4 is 5.91 Å². The van der Waals surface area contributed by atoms with Crippen molar-refractivity contribution < 1.29 is 15.0 Å².